The van der Waals surface area contributed by atoms with Gasteiger partial charge in [0.1, 0.15) is 13.2 Å². The van der Waals surface area contributed by atoms with Gasteiger partial charge in [-0.3, -0.25) is 14.8 Å². The van der Waals surface area contributed by atoms with Crippen molar-refractivity contribution < 1.29 is 22.6 Å². The molecule has 0 aliphatic heterocycles. The zero-order chi connectivity index (χ0) is 14.6. The summed E-state index contributed by atoms with van der Waals surface area (Å²) in [5.74, 6) is 0. The Balaban J connectivity index is 1.92. The van der Waals surface area contributed by atoms with Crippen LogP contribution >= 0.6 is 0 Å². The smallest absolute Gasteiger partial charge is 0.411 e. The van der Waals surface area contributed by atoms with Crippen LogP contribution in [0.4, 0.5) is 13.2 Å². The van der Waals surface area contributed by atoms with E-state index in [0.717, 1.165) is 0 Å². The number of ether oxygens (including phenoxy) is 2. The van der Waals surface area contributed by atoms with Crippen LogP contribution in [-0.4, -0.2) is 40.9 Å². The lowest BCUT2D eigenvalue weighted by atomic mass is 10.3. The number of nitrogens with zero attached hydrogens (tertiary/aromatic N) is 2. The van der Waals surface area contributed by atoms with Gasteiger partial charge in [0, 0.05) is 6.20 Å². The number of aromatic amines is 1. The van der Waals surface area contributed by atoms with Crippen molar-refractivity contribution in [3.63, 3.8) is 0 Å². The van der Waals surface area contributed by atoms with Crippen LogP contribution in [0.5, 0.6) is 6.01 Å². The van der Waals surface area contributed by atoms with Crippen LogP contribution in [0.1, 0.15) is 0 Å². The predicted molar refractivity (Wildman–Crippen MR) is 62.5 cm³/mol. The van der Waals surface area contributed by atoms with Crippen LogP contribution in [0.25, 0.3) is 10.9 Å². The number of fused-ring (bicyclic) bond motifs is 1. The minimum absolute atomic E-state index is 0.0916. The first-order valence-electron chi connectivity index (χ1n) is 5.57. The van der Waals surface area contributed by atoms with E-state index in [0.29, 0.717) is 10.9 Å². The van der Waals surface area contributed by atoms with E-state index >= 15 is 0 Å². The van der Waals surface area contributed by atoms with Gasteiger partial charge in [-0.05, 0) is 6.07 Å². The molecule has 0 saturated carbocycles. The predicted octanol–water partition coefficient (Wildman–Crippen LogP) is 1.28. The second-order valence-corrected chi connectivity index (χ2v) is 3.78. The Hall–Kier alpha value is -2.16. The summed E-state index contributed by atoms with van der Waals surface area (Å²) in [6.07, 6.45) is -1.54. The number of nitrogens with one attached hydrogen (secondary N) is 1. The van der Waals surface area contributed by atoms with Crippen molar-refractivity contribution in [1.29, 1.82) is 0 Å². The van der Waals surface area contributed by atoms with Gasteiger partial charge in [-0.25, -0.2) is 0 Å². The highest BCUT2D eigenvalue weighted by Gasteiger charge is 2.27. The zero-order valence-corrected chi connectivity index (χ0v) is 10.1. The third-order valence-electron chi connectivity index (χ3n) is 2.22. The Kier molecular flexibility index (Phi) is 4.18. The highest BCUT2D eigenvalue weighted by Crippen LogP contribution is 2.14. The molecule has 0 bridgehead atoms. The SMILES string of the molecule is O=c1[nH]c(OCCOCC(F)(F)F)nc2cnccc12. The number of pyridine rings is 1. The van der Waals surface area contributed by atoms with Gasteiger partial charge in [-0.1, -0.05) is 0 Å². The maximum Gasteiger partial charge on any atom is 0.411 e. The first kappa shape index (κ1) is 14.3. The fourth-order valence-corrected chi connectivity index (χ4v) is 1.42. The first-order valence-corrected chi connectivity index (χ1v) is 5.57. The molecule has 0 radical (unpaired) electrons. The third kappa shape index (κ3) is 3.92. The number of halogens is 3. The monoisotopic (exact) mass is 289 g/mol. The van der Waals surface area contributed by atoms with Crippen LogP contribution in [0.15, 0.2) is 23.3 Å². The maximum atomic E-state index is 11.8. The third-order valence-corrected chi connectivity index (χ3v) is 2.22. The normalized spacial score (nSPS) is 11.8. The van der Waals surface area contributed by atoms with Crippen LogP contribution in [0.3, 0.4) is 0 Å². The summed E-state index contributed by atoms with van der Waals surface area (Å²) in [7, 11) is 0. The Morgan fingerprint density at radius 3 is 2.85 bits per heavy atom. The van der Waals surface area contributed by atoms with Gasteiger partial charge in [0.15, 0.2) is 0 Å². The fraction of sp³-hybridized carbons (Fsp3) is 0.364. The van der Waals surface area contributed by atoms with Crippen molar-refractivity contribution >= 4 is 10.9 Å². The van der Waals surface area contributed by atoms with Gasteiger partial charge < -0.3 is 9.47 Å². The van der Waals surface area contributed by atoms with Crippen molar-refractivity contribution in [1.82, 2.24) is 15.0 Å². The van der Waals surface area contributed by atoms with Crippen molar-refractivity contribution in [2.45, 2.75) is 6.18 Å². The molecule has 20 heavy (non-hydrogen) atoms. The lowest BCUT2D eigenvalue weighted by molar-refractivity contribution is -0.175. The molecule has 9 heteroatoms. The van der Waals surface area contributed by atoms with Crippen LogP contribution < -0.4 is 10.3 Å². The van der Waals surface area contributed by atoms with E-state index in [1.165, 1.54) is 18.5 Å². The number of rotatable bonds is 5. The highest BCUT2D eigenvalue weighted by atomic mass is 19.4. The summed E-state index contributed by atoms with van der Waals surface area (Å²) in [6.45, 7) is -1.78. The number of hydrogen-bond acceptors (Lipinski definition) is 5. The minimum atomic E-state index is -4.37. The number of aromatic nitrogens is 3. The Labute approximate surface area is 110 Å². The van der Waals surface area contributed by atoms with E-state index in [4.69, 9.17) is 4.74 Å². The summed E-state index contributed by atoms with van der Waals surface area (Å²) >= 11 is 0. The molecule has 2 aromatic rings. The van der Waals surface area contributed by atoms with Gasteiger partial charge >= 0.3 is 6.18 Å². The van der Waals surface area contributed by atoms with Gasteiger partial charge in [-0.2, -0.15) is 18.2 Å². The highest BCUT2D eigenvalue weighted by molar-refractivity contribution is 5.76. The van der Waals surface area contributed by atoms with Crippen molar-refractivity contribution in [2.24, 2.45) is 0 Å². The molecule has 2 aromatic heterocycles. The zero-order valence-electron chi connectivity index (χ0n) is 10.1. The maximum absolute atomic E-state index is 11.8. The Morgan fingerprint density at radius 2 is 2.10 bits per heavy atom. The minimum Gasteiger partial charge on any atom is -0.462 e. The molecular weight excluding hydrogens is 279 g/mol. The van der Waals surface area contributed by atoms with E-state index in [-0.39, 0.29) is 19.2 Å². The van der Waals surface area contributed by atoms with Crippen LogP contribution in [0, 0.1) is 0 Å². The molecule has 0 aliphatic carbocycles. The summed E-state index contributed by atoms with van der Waals surface area (Å²) < 4.78 is 44.8. The van der Waals surface area contributed by atoms with Gasteiger partial charge in [0.25, 0.3) is 11.6 Å². The first-order chi connectivity index (χ1) is 9.46. The lowest BCUT2D eigenvalue weighted by Crippen LogP contribution is -2.20. The molecule has 0 aromatic carbocycles. The number of hydrogen-bond donors (Lipinski definition) is 1. The van der Waals surface area contributed by atoms with Crippen LogP contribution in [-0.2, 0) is 4.74 Å². The average molecular weight is 289 g/mol. The lowest BCUT2D eigenvalue weighted by Gasteiger charge is -2.08. The molecule has 6 nitrogen and oxygen atoms in total. The molecule has 0 saturated heterocycles. The summed E-state index contributed by atoms with van der Waals surface area (Å²) in [4.78, 5) is 21.8. The molecule has 2 heterocycles. The molecule has 0 atom stereocenters. The summed E-state index contributed by atoms with van der Waals surface area (Å²) in [5, 5.41) is 0.348. The topological polar surface area (TPSA) is 77.1 Å². The molecular formula is C11H10F3N3O3. The molecule has 1 N–H and O–H groups in total. The fourth-order valence-electron chi connectivity index (χ4n) is 1.42. The molecule has 0 fully saturated rings. The molecule has 0 amide bonds. The average Bonchev–Trinajstić information content (AvgIpc) is 2.37. The van der Waals surface area contributed by atoms with Gasteiger partial charge in [0.05, 0.1) is 23.7 Å². The number of H-pyrrole nitrogens is 1. The molecule has 108 valence electrons. The Morgan fingerprint density at radius 1 is 1.30 bits per heavy atom. The quantitative estimate of drug-likeness (QED) is 0.839. The molecule has 0 aliphatic rings. The van der Waals surface area contributed by atoms with E-state index < -0.39 is 18.3 Å². The molecule has 0 spiro atoms. The van der Waals surface area contributed by atoms with Crippen molar-refractivity contribution in [3.05, 3.63) is 28.8 Å². The van der Waals surface area contributed by atoms with E-state index in [2.05, 4.69) is 19.7 Å². The number of alkyl halides is 3. The van der Waals surface area contributed by atoms with Crippen molar-refractivity contribution in [3.8, 4) is 6.01 Å². The summed E-state index contributed by atoms with van der Waals surface area (Å²) in [5.41, 5.74) is -0.0777. The van der Waals surface area contributed by atoms with E-state index in [1.807, 2.05) is 0 Å². The Bertz CT molecular complexity index is 642. The molecule has 0 unspecified atom stereocenters. The van der Waals surface area contributed by atoms with Gasteiger partial charge in [-0.15, -0.1) is 0 Å². The second kappa shape index (κ2) is 5.87. The largest absolute Gasteiger partial charge is 0.462 e. The van der Waals surface area contributed by atoms with Crippen molar-refractivity contribution in [2.75, 3.05) is 19.8 Å². The standard InChI is InChI=1S/C11H10F3N3O3/c12-11(13,14)6-19-3-4-20-10-16-8-5-15-2-1-7(8)9(18)17-10/h1-2,5H,3-4,6H2,(H,16,17,18). The van der Waals surface area contributed by atoms with Crippen LogP contribution in [0.2, 0.25) is 0 Å². The van der Waals surface area contributed by atoms with E-state index in [9.17, 15) is 18.0 Å². The summed E-state index contributed by atoms with van der Waals surface area (Å²) in [6, 6.07) is 1.41. The van der Waals surface area contributed by atoms with Gasteiger partial charge in [0.2, 0.25) is 0 Å². The molecule has 2 rings (SSSR count). The van der Waals surface area contributed by atoms with E-state index in [1.54, 1.807) is 0 Å². The second-order valence-electron chi connectivity index (χ2n) is 3.78.